The van der Waals surface area contributed by atoms with Crippen LogP contribution in [0, 0.1) is 6.92 Å². The lowest BCUT2D eigenvalue weighted by atomic mass is 10.1. The van der Waals surface area contributed by atoms with E-state index < -0.39 is 30.2 Å². The van der Waals surface area contributed by atoms with Crippen molar-refractivity contribution in [1.29, 1.82) is 0 Å². The van der Waals surface area contributed by atoms with Crippen molar-refractivity contribution in [2.45, 2.75) is 13.1 Å². The molecule has 34 heavy (non-hydrogen) atoms. The molecular weight excluding hydrogens is 459 g/mol. The van der Waals surface area contributed by atoms with Crippen LogP contribution in [-0.4, -0.2) is 45.9 Å². The van der Waals surface area contributed by atoms with Crippen molar-refractivity contribution >= 4 is 28.5 Å². The van der Waals surface area contributed by atoms with Gasteiger partial charge in [0.2, 0.25) is 5.76 Å². The Balaban J connectivity index is 1.71. The van der Waals surface area contributed by atoms with E-state index in [0.29, 0.717) is 22.3 Å². The van der Waals surface area contributed by atoms with Crippen LogP contribution in [-0.2, 0) is 20.4 Å². The Morgan fingerprint density at radius 2 is 1.82 bits per heavy atom. The highest BCUT2D eigenvalue weighted by Crippen LogP contribution is 2.35. The number of benzene rings is 2. The van der Waals surface area contributed by atoms with Crippen molar-refractivity contribution in [3.05, 3.63) is 53.3 Å². The van der Waals surface area contributed by atoms with Crippen LogP contribution in [0.3, 0.4) is 0 Å². The summed E-state index contributed by atoms with van der Waals surface area (Å²) in [5.74, 6) is -1.28. The second-order valence-electron chi connectivity index (χ2n) is 7.09. The van der Waals surface area contributed by atoms with E-state index in [9.17, 15) is 22.8 Å². The number of esters is 1. The monoisotopic (exact) mass is 481 g/mol. The van der Waals surface area contributed by atoms with Gasteiger partial charge >= 0.3 is 12.1 Å². The lowest BCUT2D eigenvalue weighted by molar-refractivity contribution is -0.137. The summed E-state index contributed by atoms with van der Waals surface area (Å²) in [6.07, 6.45) is -4.63. The molecule has 0 aliphatic carbocycles. The molecule has 0 saturated heterocycles. The van der Waals surface area contributed by atoms with Gasteiger partial charge in [0, 0.05) is 18.1 Å². The van der Waals surface area contributed by atoms with Crippen molar-refractivity contribution in [3.8, 4) is 11.5 Å². The summed E-state index contributed by atoms with van der Waals surface area (Å²) in [6.45, 7) is 1.13. The molecule has 3 aromatic rings. The number of aryl methyl sites for hydroxylation is 1. The Morgan fingerprint density at radius 1 is 1.06 bits per heavy atom. The molecule has 0 atom stereocenters. The first-order valence-electron chi connectivity index (χ1n) is 10.0. The van der Waals surface area contributed by atoms with Gasteiger partial charge in [-0.3, -0.25) is 4.79 Å². The van der Waals surface area contributed by atoms with E-state index in [2.05, 4.69) is 5.32 Å². The quantitative estimate of drug-likeness (QED) is 0.353. The van der Waals surface area contributed by atoms with Gasteiger partial charge in [-0.1, -0.05) is 0 Å². The zero-order valence-electron chi connectivity index (χ0n) is 18.6. The summed E-state index contributed by atoms with van der Waals surface area (Å²) >= 11 is 0. The third-order valence-electron chi connectivity index (χ3n) is 4.79. The van der Waals surface area contributed by atoms with E-state index in [0.717, 1.165) is 18.2 Å². The maximum Gasteiger partial charge on any atom is 0.416 e. The predicted molar refractivity (Wildman–Crippen MR) is 115 cm³/mol. The summed E-state index contributed by atoms with van der Waals surface area (Å²) in [5, 5.41) is 2.92. The van der Waals surface area contributed by atoms with Crippen LogP contribution >= 0.6 is 0 Å². The molecule has 11 heteroatoms. The molecule has 0 aliphatic heterocycles. The summed E-state index contributed by atoms with van der Waals surface area (Å²) < 4.78 is 65.2. The topological polar surface area (TPSA) is 96.2 Å². The lowest BCUT2D eigenvalue weighted by Crippen LogP contribution is -2.22. The SMILES string of the molecule is COCCOc1ccc(C(F)(F)F)cc1NC(=O)COC(=O)c1oc2ccc(OC)cc2c1C. The van der Waals surface area contributed by atoms with Crippen LogP contribution in [0.4, 0.5) is 18.9 Å². The van der Waals surface area contributed by atoms with Crippen LogP contribution in [0.5, 0.6) is 11.5 Å². The number of hydrogen-bond acceptors (Lipinski definition) is 7. The Kier molecular flexibility index (Phi) is 7.67. The number of carbonyl (C=O) groups is 2. The molecule has 0 radical (unpaired) electrons. The number of alkyl halides is 3. The minimum atomic E-state index is -4.63. The average Bonchev–Trinajstić information content (AvgIpc) is 3.13. The number of carbonyl (C=O) groups excluding carboxylic acids is 2. The normalized spacial score (nSPS) is 11.4. The van der Waals surface area contributed by atoms with E-state index in [-0.39, 0.29) is 30.4 Å². The van der Waals surface area contributed by atoms with E-state index in [1.807, 2.05) is 0 Å². The lowest BCUT2D eigenvalue weighted by Gasteiger charge is -2.15. The van der Waals surface area contributed by atoms with E-state index in [4.69, 9.17) is 23.4 Å². The smallest absolute Gasteiger partial charge is 0.416 e. The van der Waals surface area contributed by atoms with Crippen molar-refractivity contribution < 1.29 is 46.1 Å². The van der Waals surface area contributed by atoms with Gasteiger partial charge in [-0.05, 0) is 43.3 Å². The molecule has 0 bridgehead atoms. The number of ether oxygens (including phenoxy) is 4. The van der Waals surface area contributed by atoms with Crippen LogP contribution < -0.4 is 14.8 Å². The van der Waals surface area contributed by atoms with Gasteiger partial charge in [-0.25, -0.2) is 4.79 Å². The standard InChI is InChI=1S/C23H22F3NO7/c1-13-16-11-15(31-3)5-7-18(16)34-21(13)22(29)33-12-20(28)27-17-10-14(23(24,25)26)4-6-19(17)32-9-8-30-2/h4-7,10-11H,8-9,12H2,1-3H3,(H,27,28). The van der Waals surface area contributed by atoms with Crippen LogP contribution in [0.25, 0.3) is 11.0 Å². The Hall–Kier alpha value is -3.73. The average molecular weight is 481 g/mol. The summed E-state index contributed by atoms with van der Waals surface area (Å²) in [7, 11) is 2.94. The fraction of sp³-hybridized carbons (Fsp3) is 0.304. The van der Waals surface area contributed by atoms with Crippen molar-refractivity contribution in [3.63, 3.8) is 0 Å². The fourth-order valence-electron chi connectivity index (χ4n) is 3.07. The van der Waals surface area contributed by atoms with Gasteiger partial charge in [0.25, 0.3) is 5.91 Å². The highest BCUT2D eigenvalue weighted by molar-refractivity contribution is 5.99. The first-order chi connectivity index (χ1) is 16.1. The molecule has 0 unspecified atom stereocenters. The first-order valence-corrected chi connectivity index (χ1v) is 10.0. The van der Waals surface area contributed by atoms with Crippen LogP contribution in [0.2, 0.25) is 0 Å². The number of rotatable bonds is 9. The molecule has 1 N–H and O–H groups in total. The third-order valence-corrected chi connectivity index (χ3v) is 4.79. The first kappa shape index (κ1) is 24.9. The zero-order valence-corrected chi connectivity index (χ0v) is 18.6. The summed E-state index contributed by atoms with van der Waals surface area (Å²) in [5.41, 5.74) is -0.284. The van der Waals surface area contributed by atoms with Crippen LogP contribution in [0.1, 0.15) is 21.7 Å². The number of furan rings is 1. The summed E-state index contributed by atoms with van der Waals surface area (Å²) in [4.78, 5) is 24.8. The number of nitrogens with one attached hydrogen (secondary N) is 1. The van der Waals surface area contributed by atoms with E-state index >= 15 is 0 Å². The third kappa shape index (κ3) is 5.79. The number of methoxy groups -OCH3 is 2. The maximum absolute atomic E-state index is 13.1. The van der Waals surface area contributed by atoms with Crippen molar-refractivity contribution in [2.75, 3.05) is 39.4 Å². The van der Waals surface area contributed by atoms with Gasteiger partial charge in [-0.2, -0.15) is 13.2 Å². The number of hydrogen-bond donors (Lipinski definition) is 1. The molecule has 0 aliphatic rings. The Labute approximate surface area is 192 Å². The fourth-order valence-corrected chi connectivity index (χ4v) is 3.07. The van der Waals surface area contributed by atoms with E-state index in [1.165, 1.54) is 14.2 Å². The molecule has 1 aromatic heterocycles. The van der Waals surface area contributed by atoms with Crippen molar-refractivity contribution in [2.24, 2.45) is 0 Å². The summed E-state index contributed by atoms with van der Waals surface area (Å²) in [6, 6.07) is 7.64. The van der Waals surface area contributed by atoms with Gasteiger partial charge < -0.3 is 28.7 Å². The second kappa shape index (κ2) is 10.5. The Bertz CT molecular complexity index is 1190. The second-order valence-corrected chi connectivity index (χ2v) is 7.09. The highest BCUT2D eigenvalue weighted by atomic mass is 19.4. The molecule has 8 nitrogen and oxygen atoms in total. The molecule has 1 heterocycles. The van der Waals surface area contributed by atoms with Crippen LogP contribution in [0.15, 0.2) is 40.8 Å². The highest BCUT2D eigenvalue weighted by Gasteiger charge is 2.31. The molecular formula is C23H22F3NO7. The van der Waals surface area contributed by atoms with Gasteiger partial charge in [0.05, 0.1) is 25.0 Å². The van der Waals surface area contributed by atoms with E-state index in [1.54, 1.807) is 25.1 Å². The van der Waals surface area contributed by atoms with Crippen molar-refractivity contribution in [1.82, 2.24) is 0 Å². The number of amides is 1. The molecule has 2 aromatic carbocycles. The number of anilines is 1. The molecule has 0 saturated carbocycles. The minimum absolute atomic E-state index is 0.00630. The van der Waals surface area contributed by atoms with Gasteiger partial charge in [0.15, 0.2) is 6.61 Å². The Morgan fingerprint density at radius 3 is 2.50 bits per heavy atom. The molecule has 3 rings (SSSR count). The molecule has 0 spiro atoms. The van der Waals surface area contributed by atoms with Gasteiger partial charge in [-0.15, -0.1) is 0 Å². The maximum atomic E-state index is 13.1. The molecule has 0 fully saturated rings. The zero-order chi connectivity index (χ0) is 24.9. The molecule has 182 valence electrons. The molecule has 1 amide bonds. The largest absolute Gasteiger partial charge is 0.497 e. The predicted octanol–water partition coefficient (Wildman–Crippen LogP) is 4.59. The van der Waals surface area contributed by atoms with Gasteiger partial charge in [0.1, 0.15) is 23.7 Å². The number of fused-ring (bicyclic) bond motifs is 1. The number of halogens is 3. The minimum Gasteiger partial charge on any atom is -0.497 e.